The first-order valence-electron chi connectivity index (χ1n) is 11.8. The number of methoxy groups -OCH3 is 1. The lowest BCUT2D eigenvalue weighted by molar-refractivity contribution is -0.115. The van der Waals surface area contributed by atoms with Gasteiger partial charge in [-0.05, 0) is 69.2 Å². The summed E-state index contributed by atoms with van der Waals surface area (Å²) in [6.45, 7) is 7.76. The minimum atomic E-state index is -0.248. The largest absolute Gasteiger partial charge is 0.494 e. The molecule has 0 radical (unpaired) electrons. The van der Waals surface area contributed by atoms with E-state index in [2.05, 4.69) is 10.3 Å². The maximum Gasteiger partial charge on any atom is 0.268 e. The minimum Gasteiger partial charge on any atom is -0.494 e. The lowest BCUT2D eigenvalue weighted by Gasteiger charge is -2.10. The Morgan fingerprint density at radius 1 is 1.05 bits per heavy atom. The number of para-hydroxylation sites is 2. The Balaban J connectivity index is 1.52. The smallest absolute Gasteiger partial charge is 0.268 e. The van der Waals surface area contributed by atoms with Crippen molar-refractivity contribution in [3.63, 3.8) is 0 Å². The number of aromatic nitrogens is 4. The van der Waals surface area contributed by atoms with Gasteiger partial charge in [0.2, 0.25) is 5.91 Å². The zero-order valence-corrected chi connectivity index (χ0v) is 22.1. The van der Waals surface area contributed by atoms with E-state index < -0.39 is 0 Å². The number of hydrogen-bond acceptors (Lipinski definition) is 6. The summed E-state index contributed by atoms with van der Waals surface area (Å²) < 4.78 is 8.77. The number of nitrogens with one attached hydrogen (secondary N) is 1. The zero-order chi connectivity index (χ0) is 26.3. The Morgan fingerprint density at radius 2 is 1.84 bits per heavy atom. The van der Waals surface area contributed by atoms with Crippen LogP contribution >= 0.6 is 11.3 Å². The van der Waals surface area contributed by atoms with Gasteiger partial charge in [-0.15, -0.1) is 11.3 Å². The molecule has 0 aliphatic rings. The third-order valence-corrected chi connectivity index (χ3v) is 7.28. The van der Waals surface area contributed by atoms with Crippen LogP contribution < -0.4 is 15.6 Å². The number of rotatable bonds is 6. The number of fused-ring (bicyclic) bond motifs is 1. The number of thiazole rings is 1. The summed E-state index contributed by atoms with van der Waals surface area (Å²) in [6, 6.07) is 15.2. The fourth-order valence-electron chi connectivity index (χ4n) is 4.36. The molecule has 3 heterocycles. The Labute approximate surface area is 218 Å². The van der Waals surface area contributed by atoms with E-state index in [1.54, 1.807) is 18.7 Å². The predicted octanol–water partition coefficient (Wildman–Crippen LogP) is 5.03. The first-order chi connectivity index (χ1) is 17.8. The standard InChI is InChI=1S/C28H27N5O3S/c1-16-10-11-20(12-17(16)2)30-25(34)14-21-15-37-28-29-19(4)26(27(35)32(21)28)22-13-18(3)33(31-22)23-8-6-7-9-24(23)36-5/h6-13,15H,14H2,1-5H3,(H,30,34). The molecule has 37 heavy (non-hydrogen) atoms. The average molecular weight is 514 g/mol. The second kappa shape index (κ2) is 9.67. The highest BCUT2D eigenvalue weighted by Crippen LogP contribution is 2.27. The molecule has 9 heteroatoms. The maximum atomic E-state index is 13.8. The van der Waals surface area contributed by atoms with Crippen LogP contribution in [-0.4, -0.2) is 32.2 Å². The molecule has 0 aliphatic carbocycles. The quantitative estimate of drug-likeness (QED) is 0.344. The van der Waals surface area contributed by atoms with Crippen LogP contribution in [0.25, 0.3) is 21.9 Å². The SMILES string of the molecule is COc1ccccc1-n1nc(-c2c(C)nc3scc(CC(=O)Nc4ccc(C)c(C)c4)n3c2=O)cc1C. The van der Waals surface area contributed by atoms with E-state index in [1.807, 2.05) is 74.7 Å². The number of aryl methyl sites for hydroxylation is 4. The van der Waals surface area contributed by atoms with Gasteiger partial charge in [0, 0.05) is 22.5 Å². The van der Waals surface area contributed by atoms with E-state index in [-0.39, 0.29) is 17.9 Å². The van der Waals surface area contributed by atoms with Crippen LogP contribution in [0, 0.1) is 27.7 Å². The molecule has 0 fully saturated rings. The molecule has 3 aromatic heterocycles. The van der Waals surface area contributed by atoms with Crippen molar-refractivity contribution in [1.82, 2.24) is 19.2 Å². The summed E-state index contributed by atoms with van der Waals surface area (Å²) in [5.74, 6) is 0.477. The molecule has 0 saturated heterocycles. The number of ether oxygens (including phenoxy) is 1. The van der Waals surface area contributed by atoms with Crippen molar-refractivity contribution in [3.05, 3.63) is 92.5 Å². The fraction of sp³-hybridized carbons (Fsp3) is 0.214. The molecule has 0 bridgehead atoms. The topological polar surface area (TPSA) is 90.5 Å². The molecule has 0 saturated carbocycles. The Bertz CT molecular complexity index is 1710. The Hall–Kier alpha value is -4.24. The van der Waals surface area contributed by atoms with Crippen molar-refractivity contribution >= 4 is 27.9 Å². The zero-order valence-electron chi connectivity index (χ0n) is 21.3. The fourth-order valence-corrected chi connectivity index (χ4v) is 5.28. The molecular weight excluding hydrogens is 486 g/mol. The van der Waals surface area contributed by atoms with Gasteiger partial charge in [0.15, 0.2) is 4.96 Å². The van der Waals surface area contributed by atoms with Crippen molar-refractivity contribution in [2.24, 2.45) is 0 Å². The molecule has 188 valence electrons. The number of hydrogen-bond donors (Lipinski definition) is 1. The van der Waals surface area contributed by atoms with Crippen LogP contribution in [0.4, 0.5) is 5.69 Å². The number of nitrogens with zero attached hydrogens (tertiary/aromatic N) is 4. The number of anilines is 1. The Kier molecular flexibility index (Phi) is 6.39. The van der Waals surface area contributed by atoms with Crippen molar-refractivity contribution in [1.29, 1.82) is 0 Å². The third-order valence-electron chi connectivity index (χ3n) is 6.41. The van der Waals surface area contributed by atoms with Gasteiger partial charge in [-0.1, -0.05) is 18.2 Å². The van der Waals surface area contributed by atoms with Gasteiger partial charge in [-0.3, -0.25) is 14.0 Å². The third kappa shape index (κ3) is 4.53. The molecule has 1 N–H and O–H groups in total. The second-order valence-corrected chi connectivity index (χ2v) is 9.84. The molecule has 0 atom stereocenters. The summed E-state index contributed by atoms with van der Waals surface area (Å²) >= 11 is 1.34. The highest BCUT2D eigenvalue weighted by atomic mass is 32.1. The highest BCUT2D eigenvalue weighted by molar-refractivity contribution is 7.15. The van der Waals surface area contributed by atoms with Gasteiger partial charge >= 0.3 is 0 Å². The molecule has 8 nitrogen and oxygen atoms in total. The molecule has 2 aromatic carbocycles. The number of amides is 1. The summed E-state index contributed by atoms with van der Waals surface area (Å²) in [4.78, 5) is 31.8. The van der Waals surface area contributed by atoms with Gasteiger partial charge in [-0.25, -0.2) is 9.67 Å². The van der Waals surface area contributed by atoms with E-state index in [1.165, 1.54) is 15.7 Å². The van der Waals surface area contributed by atoms with Gasteiger partial charge in [0.05, 0.1) is 24.8 Å². The van der Waals surface area contributed by atoms with Crippen LogP contribution in [0.5, 0.6) is 5.75 Å². The maximum absolute atomic E-state index is 13.8. The van der Waals surface area contributed by atoms with Crippen LogP contribution in [0.2, 0.25) is 0 Å². The number of carbonyl (C=O) groups is 1. The molecule has 1 amide bonds. The van der Waals surface area contributed by atoms with E-state index in [0.717, 1.165) is 28.2 Å². The van der Waals surface area contributed by atoms with E-state index >= 15 is 0 Å². The van der Waals surface area contributed by atoms with Gasteiger partial charge in [-0.2, -0.15) is 5.10 Å². The van der Waals surface area contributed by atoms with Gasteiger partial charge in [0.25, 0.3) is 5.56 Å². The van der Waals surface area contributed by atoms with Crippen LogP contribution in [-0.2, 0) is 11.2 Å². The molecule has 0 unspecified atom stereocenters. The number of carbonyl (C=O) groups excluding carboxylic acids is 1. The van der Waals surface area contributed by atoms with Crippen molar-refractivity contribution in [2.45, 2.75) is 34.1 Å². The lowest BCUT2D eigenvalue weighted by Crippen LogP contribution is -2.23. The minimum absolute atomic E-state index is 0.0473. The van der Waals surface area contributed by atoms with Crippen LogP contribution in [0.15, 0.2) is 58.7 Å². The number of benzene rings is 2. The monoisotopic (exact) mass is 513 g/mol. The molecule has 0 spiro atoms. The van der Waals surface area contributed by atoms with E-state index in [9.17, 15) is 9.59 Å². The molecular formula is C28H27N5O3S. The van der Waals surface area contributed by atoms with Gasteiger partial charge < -0.3 is 10.1 Å². The summed E-state index contributed by atoms with van der Waals surface area (Å²) in [6.07, 6.45) is 0.0473. The van der Waals surface area contributed by atoms with Gasteiger partial charge in [0.1, 0.15) is 17.1 Å². The second-order valence-electron chi connectivity index (χ2n) is 9.00. The van der Waals surface area contributed by atoms with E-state index in [0.29, 0.717) is 33.4 Å². The lowest BCUT2D eigenvalue weighted by atomic mass is 10.1. The predicted molar refractivity (Wildman–Crippen MR) is 146 cm³/mol. The Morgan fingerprint density at radius 3 is 2.59 bits per heavy atom. The first-order valence-corrected chi connectivity index (χ1v) is 12.7. The van der Waals surface area contributed by atoms with E-state index in [4.69, 9.17) is 9.84 Å². The molecule has 0 aliphatic heterocycles. The average Bonchev–Trinajstić information content (AvgIpc) is 3.44. The highest BCUT2D eigenvalue weighted by Gasteiger charge is 2.21. The van der Waals surface area contributed by atoms with Crippen molar-refractivity contribution < 1.29 is 9.53 Å². The van der Waals surface area contributed by atoms with Crippen molar-refractivity contribution in [2.75, 3.05) is 12.4 Å². The first kappa shape index (κ1) is 24.5. The summed E-state index contributed by atoms with van der Waals surface area (Å²) in [7, 11) is 1.61. The summed E-state index contributed by atoms with van der Waals surface area (Å²) in [5, 5.41) is 9.48. The summed E-state index contributed by atoms with van der Waals surface area (Å²) in [5.41, 5.74) is 6.46. The molecule has 5 rings (SSSR count). The van der Waals surface area contributed by atoms with Crippen molar-refractivity contribution in [3.8, 4) is 22.7 Å². The van der Waals surface area contributed by atoms with Crippen LogP contribution in [0.3, 0.4) is 0 Å². The normalized spacial score (nSPS) is 11.2. The van der Waals surface area contributed by atoms with Crippen LogP contribution in [0.1, 0.15) is 28.2 Å². The molecule has 5 aromatic rings.